The number of thiophene rings is 1. The number of rotatable bonds is 4. The van der Waals surface area contributed by atoms with Crippen molar-refractivity contribution in [3.8, 4) is 21.1 Å². The van der Waals surface area contributed by atoms with Crippen molar-refractivity contribution in [2.45, 2.75) is 6.92 Å². The fraction of sp³-hybridized carbons (Fsp3) is 0.133. The zero-order valence-electron chi connectivity index (χ0n) is 12.0. The molecule has 0 bridgehead atoms. The van der Waals surface area contributed by atoms with Gasteiger partial charge < -0.3 is 0 Å². The highest BCUT2D eigenvalue weighted by Crippen LogP contribution is 2.35. The Morgan fingerprint density at radius 2 is 1.86 bits per heavy atom. The number of thiazole rings is 1. The molecule has 0 radical (unpaired) electrons. The van der Waals surface area contributed by atoms with Crippen molar-refractivity contribution in [3.63, 3.8) is 0 Å². The molecule has 0 spiro atoms. The van der Waals surface area contributed by atoms with Gasteiger partial charge in [-0.3, -0.25) is 4.72 Å². The average molecular weight is 350 g/mol. The Kier molecular flexibility index (Phi) is 4.03. The van der Waals surface area contributed by atoms with Crippen LogP contribution in [0.15, 0.2) is 41.8 Å². The molecule has 2 aromatic heterocycles. The van der Waals surface area contributed by atoms with Gasteiger partial charge in [0.15, 0.2) is 0 Å². The number of anilines is 1. The van der Waals surface area contributed by atoms with E-state index >= 15 is 0 Å². The van der Waals surface area contributed by atoms with Crippen LogP contribution < -0.4 is 4.72 Å². The van der Waals surface area contributed by atoms with Crippen LogP contribution in [0.3, 0.4) is 0 Å². The fourth-order valence-electron chi connectivity index (χ4n) is 2.08. The monoisotopic (exact) mass is 350 g/mol. The molecule has 0 aliphatic carbocycles. The number of aromatic nitrogens is 1. The minimum Gasteiger partial charge on any atom is -0.284 e. The smallest absolute Gasteiger partial charge is 0.229 e. The topological polar surface area (TPSA) is 59.1 Å². The Morgan fingerprint density at radius 3 is 2.45 bits per heavy atom. The van der Waals surface area contributed by atoms with Crippen molar-refractivity contribution >= 4 is 38.4 Å². The van der Waals surface area contributed by atoms with Crippen molar-refractivity contribution in [2.24, 2.45) is 0 Å². The second kappa shape index (κ2) is 5.83. The van der Waals surface area contributed by atoms with Crippen molar-refractivity contribution in [2.75, 3.05) is 11.0 Å². The summed E-state index contributed by atoms with van der Waals surface area (Å²) in [6, 6.07) is 11.3. The Bertz CT molecular complexity index is 880. The molecular weight excluding hydrogens is 336 g/mol. The van der Waals surface area contributed by atoms with Crippen LogP contribution in [0.5, 0.6) is 0 Å². The van der Waals surface area contributed by atoms with Crippen molar-refractivity contribution in [1.29, 1.82) is 0 Å². The quantitative estimate of drug-likeness (QED) is 0.766. The summed E-state index contributed by atoms with van der Waals surface area (Å²) >= 11 is 3.34. The van der Waals surface area contributed by atoms with Crippen LogP contribution in [0, 0.1) is 6.92 Å². The van der Waals surface area contributed by atoms with E-state index in [0.29, 0.717) is 5.69 Å². The molecule has 0 aliphatic rings. The maximum absolute atomic E-state index is 11.2. The van der Waals surface area contributed by atoms with Gasteiger partial charge in [0.05, 0.1) is 16.8 Å². The summed E-state index contributed by atoms with van der Waals surface area (Å²) in [6.07, 6.45) is 1.14. The predicted molar refractivity (Wildman–Crippen MR) is 94.1 cm³/mol. The highest BCUT2D eigenvalue weighted by atomic mass is 32.2. The standard InChI is InChI=1S/C15H14N2O2S3/c1-10-14(16-15(21-10)13-4-3-9-20-13)11-5-7-12(8-6-11)17-22(2,18)19/h3-9,17H,1-2H3. The SMILES string of the molecule is Cc1sc(-c2cccs2)nc1-c1ccc(NS(C)(=O)=O)cc1. The number of sulfonamides is 1. The van der Waals surface area contributed by atoms with Gasteiger partial charge in [-0.05, 0) is 30.5 Å². The van der Waals surface area contributed by atoms with E-state index in [4.69, 9.17) is 4.98 Å². The van der Waals surface area contributed by atoms with Gasteiger partial charge in [-0.2, -0.15) is 0 Å². The molecule has 0 atom stereocenters. The summed E-state index contributed by atoms with van der Waals surface area (Å²) < 4.78 is 24.9. The van der Waals surface area contributed by atoms with Crippen molar-refractivity contribution in [3.05, 3.63) is 46.7 Å². The Labute approximate surface area is 137 Å². The Morgan fingerprint density at radius 1 is 1.14 bits per heavy atom. The number of hydrogen-bond donors (Lipinski definition) is 1. The second-order valence-electron chi connectivity index (χ2n) is 4.85. The van der Waals surface area contributed by atoms with E-state index in [1.54, 1.807) is 34.8 Å². The van der Waals surface area contributed by atoms with E-state index in [9.17, 15) is 8.42 Å². The van der Waals surface area contributed by atoms with Crippen molar-refractivity contribution < 1.29 is 8.42 Å². The predicted octanol–water partition coefficient (Wildman–Crippen LogP) is 4.22. The molecule has 7 heteroatoms. The highest BCUT2D eigenvalue weighted by Gasteiger charge is 2.12. The fourth-order valence-corrected chi connectivity index (χ4v) is 4.38. The molecule has 0 unspecified atom stereocenters. The lowest BCUT2D eigenvalue weighted by Gasteiger charge is -2.04. The zero-order chi connectivity index (χ0) is 15.7. The molecule has 0 amide bonds. The van der Waals surface area contributed by atoms with E-state index in [-0.39, 0.29) is 0 Å². The Balaban J connectivity index is 1.91. The molecule has 22 heavy (non-hydrogen) atoms. The first-order valence-corrected chi connectivity index (χ1v) is 10.1. The first-order valence-electron chi connectivity index (χ1n) is 6.52. The lowest BCUT2D eigenvalue weighted by molar-refractivity contribution is 0.607. The summed E-state index contributed by atoms with van der Waals surface area (Å²) in [5.41, 5.74) is 2.48. The molecule has 3 aromatic rings. The lowest BCUT2D eigenvalue weighted by Crippen LogP contribution is -2.09. The largest absolute Gasteiger partial charge is 0.284 e. The summed E-state index contributed by atoms with van der Waals surface area (Å²) in [6.45, 7) is 2.05. The molecule has 1 N–H and O–H groups in total. The zero-order valence-corrected chi connectivity index (χ0v) is 14.5. The third-order valence-corrected chi connectivity index (χ3v) is 5.61. The molecule has 114 valence electrons. The third kappa shape index (κ3) is 3.37. The second-order valence-corrected chi connectivity index (χ2v) is 8.75. The first-order chi connectivity index (χ1) is 10.4. The van der Waals surface area contributed by atoms with Gasteiger partial charge in [-0.1, -0.05) is 18.2 Å². The number of nitrogens with one attached hydrogen (secondary N) is 1. The molecule has 2 heterocycles. The van der Waals surface area contributed by atoms with Crippen LogP contribution >= 0.6 is 22.7 Å². The summed E-state index contributed by atoms with van der Waals surface area (Å²) in [4.78, 5) is 7.02. The van der Waals surface area contributed by atoms with Crippen molar-refractivity contribution in [1.82, 2.24) is 4.98 Å². The van der Waals surface area contributed by atoms with Crippen LogP contribution in [-0.4, -0.2) is 19.7 Å². The number of hydrogen-bond acceptors (Lipinski definition) is 5. The van der Waals surface area contributed by atoms with Gasteiger partial charge >= 0.3 is 0 Å². The minimum absolute atomic E-state index is 0.553. The van der Waals surface area contributed by atoms with E-state index in [1.807, 2.05) is 30.5 Å². The molecule has 0 saturated carbocycles. The first kappa shape index (κ1) is 15.2. The van der Waals surface area contributed by atoms with Gasteiger partial charge in [0.25, 0.3) is 0 Å². The van der Waals surface area contributed by atoms with Gasteiger partial charge in [0, 0.05) is 16.1 Å². The lowest BCUT2D eigenvalue weighted by atomic mass is 10.1. The normalized spacial score (nSPS) is 11.5. The van der Waals surface area contributed by atoms with E-state index in [2.05, 4.69) is 10.8 Å². The van der Waals surface area contributed by atoms with E-state index in [0.717, 1.165) is 32.3 Å². The maximum atomic E-state index is 11.2. The summed E-state index contributed by atoms with van der Waals surface area (Å²) in [5.74, 6) is 0. The molecular formula is C15H14N2O2S3. The highest BCUT2D eigenvalue weighted by molar-refractivity contribution is 7.92. The van der Waals surface area contributed by atoms with Gasteiger partial charge in [0.1, 0.15) is 5.01 Å². The molecule has 0 aliphatic heterocycles. The van der Waals surface area contributed by atoms with Crippen LogP contribution in [0.2, 0.25) is 0 Å². The summed E-state index contributed by atoms with van der Waals surface area (Å²) in [7, 11) is -3.25. The molecule has 0 fully saturated rings. The van der Waals surface area contributed by atoms with Crippen LogP contribution in [0.1, 0.15) is 4.88 Å². The van der Waals surface area contributed by atoms with Gasteiger partial charge in [-0.15, -0.1) is 22.7 Å². The number of aryl methyl sites for hydroxylation is 1. The van der Waals surface area contributed by atoms with E-state index in [1.165, 1.54) is 0 Å². The van der Waals surface area contributed by atoms with Crippen LogP contribution in [0.4, 0.5) is 5.69 Å². The van der Waals surface area contributed by atoms with Crippen LogP contribution in [-0.2, 0) is 10.0 Å². The van der Waals surface area contributed by atoms with Gasteiger partial charge in [0.2, 0.25) is 10.0 Å². The third-order valence-electron chi connectivity index (χ3n) is 2.99. The Hall–Kier alpha value is -1.70. The molecule has 4 nitrogen and oxygen atoms in total. The number of benzene rings is 1. The van der Waals surface area contributed by atoms with Gasteiger partial charge in [-0.25, -0.2) is 13.4 Å². The average Bonchev–Trinajstić information content (AvgIpc) is 3.07. The van der Waals surface area contributed by atoms with E-state index < -0.39 is 10.0 Å². The summed E-state index contributed by atoms with van der Waals surface area (Å²) in [5, 5.41) is 3.05. The number of nitrogens with zero attached hydrogens (tertiary/aromatic N) is 1. The molecule has 1 aromatic carbocycles. The van der Waals surface area contributed by atoms with Crippen LogP contribution in [0.25, 0.3) is 21.1 Å². The molecule has 3 rings (SSSR count). The molecule has 0 saturated heterocycles. The minimum atomic E-state index is -3.25. The maximum Gasteiger partial charge on any atom is 0.229 e.